The van der Waals surface area contributed by atoms with Crippen LogP contribution < -0.4 is 5.32 Å². The Kier molecular flexibility index (Phi) is 4.37. The summed E-state index contributed by atoms with van der Waals surface area (Å²) >= 11 is 0. The number of aliphatic carboxylic acids is 1. The highest BCUT2D eigenvalue weighted by atomic mass is 16.5. The normalized spacial score (nSPS) is 22.0. The summed E-state index contributed by atoms with van der Waals surface area (Å²) in [4.78, 5) is 22.6. The van der Waals surface area contributed by atoms with Crippen LogP contribution >= 0.6 is 0 Å². The van der Waals surface area contributed by atoms with Gasteiger partial charge in [0.25, 0.3) is 0 Å². The first-order chi connectivity index (χ1) is 9.56. The summed E-state index contributed by atoms with van der Waals surface area (Å²) in [5.74, 6) is -1.91. The highest BCUT2D eigenvalue weighted by Gasteiger charge is 2.34. The molecule has 0 spiro atoms. The van der Waals surface area contributed by atoms with E-state index < -0.39 is 17.9 Å². The molecule has 2 rings (SSSR count). The lowest BCUT2D eigenvalue weighted by Crippen LogP contribution is -2.41. The number of hydrogen-bond acceptors (Lipinski definition) is 4. The Morgan fingerprint density at radius 2 is 1.95 bits per heavy atom. The van der Waals surface area contributed by atoms with E-state index in [4.69, 9.17) is 14.9 Å². The number of rotatable bonds is 4. The average molecular weight is 277 g/mol. The largest absolute Gasteiger partial charge is 0.508 e. The minimum Gasteiger partial charge on any atom is -0.508 e. The van der Waals surface area contributed by atoms with Crippen molar-refractivity contribution < 1.29 is 24.5 Å². The number of nitrogens with one attached hydrogen (secondary N) is 1. The molecule has 1 amide bonds. The van der Waals surface area contributed by atoms with Crippen molar-refractivity contribution in [3.8, 4) is 5.75 Å². The van der Waals surface area contributed by atoms with Crippen LogP contribution in [0.3, 0.4) is 0 Å². The number of phenols is 1. The maximum atomic E-state index is 11.7. The molecule has 0 aliphatic carbocycles. The molecule has 0 radical (unpaired) electrons. The number of carbonyl (C=O) groups excluding carboxylic acids is 1. The minimum atomic E-state index is -0.977. The van der Waals surface area contributed by atoms with Gasteiger partial charge in [0.15, 0.2) is 0 Å². The smallest absolute Gasteiger partial charge is 0.311 e. The molecule has 6 heteroatoms. The van der Waals surface area contributed by atoms with Crippen LogP contribution in [0.2, 0.25) is 0 Å². The SMILES string of the molecule is O=C(C=Cc1ccc(O)cc1)NC1COCC1C(=O)O. The van der Waals surface area contributed by atoms with Gasteiger partial charge in [-0.25, -0.2) is 0 Å². The van der Waals surface area contributed by atoms with E-state index >= 15 is 0 Å². The lowest BCUT2D eigenvalue weighted by atomic mass is 10.0. The molecule has 106 valence electrons. The number of ether oxygens (including phenoxy) is 1. The fourth-order valence-electron chi connectivity index (χ4n) is 1.93. The molecular weight excluding hydrogens is 262 g/mol. The Labute approximate surface area is 115 Å². The van der Waals surface area contributed by atoms with Crippen LogP contribution in [0.25, 0.3) is 6.08 Å². The number of phenolic OH excluding ortho intramolecular Hbond substituents is 1. The molecule has 3 N–H and O–H groups in total. The van der Waals surface area contributed by atoms with E-state index in [1.807, 2.05) is 0 Å². The zero-order chi connectivity index (χ0) is 14.5. The van der Waals surface area contributed by atoms with Crippen LogP contribution in [0.1, 0.15) is 5.56 Å². The first-order valence-electron chi connectivity index (χ1n) is 6.14. The standard InChI is InChI=1S/C14H15NO5/c16-10-4-1-9(2-5-10)3-6-13(17)15-12-8-20-7-11(12)14(18)19/h1-6,11-12,16H,7-8H2,(H,15,17)(H,18,19). The second-order valence-electron chi connectivity index (χ2n) is 4.52. The summed E-state index contributed by atoms with van der Waals surface area (Å²) in [5.41, 5.74) is 0.760. The predicted molar refractivity (Wildman–Crippen MR) is 71.0 cm³/mol. The van der Waals surface area contributed by atoms with Crippen LogP contribution in [0.4, 0.5) is 0 Å². The Balaban J connectivity index is 1.92. The Bertz CT molecular complexity index is 523. The van der Waals surface area contributed by atoms with Crippen LogP contribution in [0.15, 0.2) is 30.3 Å². The molecule has 1 aliphatic rings. The number of carbonyl (C=O) groups is 2. The molecule has 0 saturated carbocycles. The second-order valence-corrected chi connectivity index (χ2v) is 4.52. The van der Waals surface area contributed by atoms with Gasteiger partial charge in [0.2, 0.25) is 5.91 Å². The third-order valence-corrected chi connectivity index (χ3v) is 3.05. The maximum Gasteiger partial charge on any atom is 0.311 e. The fraction of sp³-hybridized carbons (Fsp3) is 0.286. The van der Waals surface area contributed by atoms with Crippen molar-refractivity contribution in [2.45, 2.75) is 6.04 Å². The van der Waals surface area contributed by atoms with Crippen molar-refractivity contribution in [1.29, 1.82) is 0 Å². The summed E-state index contributed by atoms with van der Waals surface area (Å²) in [6, 6.07) is 5.85. The summed E-state index contributed by atoms with van der Waals surface area (Å²) in [6.07, 6.45) is 2.91. The second kappa shape index (κ2) is 6.21. The molecule has 1 heterocycles. The molecule has 1 fully saturated rings. The number of aromatic hydroxyl groups is 1. The van der Waals surface area contributed by atoms with Gasteiger partial charge in [-0.15, -0.1) is 0 Å². The molecule has 2 unspecified atom stereocenters. The van der Waals surface area contributed by atoms with Crippen LogP contribution in [0.5, 0.6) is 5.75 Å². The first-order valence-corrected chi connectivity index (χ1v) is 6.14. The van der Waals surface area contributed by atoms with Crippen molar-refractivity contribution in [1.82, 2.24) is 5.32 Å². The third-order valence-electron chi connectivity index (χ3n) is 3.05. The molecule has 20 heavy (non-hydrogen) atoms. The highest BCUT2D eigenvalue weighted by Crippen LogP contribution is 2.14. The number of carboxylic acids is 1. The monoisotopic (exact) mass is 277 g/mol. The minimum absolute atomic E-state index is 0.113. The van der Waals surface area contributed by atoms with Crippen LogP contribution in [0, 0.1) is 5.92 Å². The Morgan fingerprint density at radius 1 is 1.25 bits per heavy atom. The van der Waals surface area contributed by atoms with E-state index in [0.717, 1.165) is 5.56 Å². The predicted octanol–water partition coefficient (Wildman–Crippen LogP) is 0.621. The summed E-state index contributed by atoms with van der Waals surface area (Å²) < 4.78 is 5.06. The molecule has 2 atom stereocenters. The number of carboxylic acid groups (broad SMARTS) is 1. The van der Waals surface area contributed by atoms with E-state index in [9.17, 15) is 9.59 Å². The van der Waals surface area contributed by atoms with E-state index in [-0.39, 0.29) is 24.9 Å². The quantitative estimate of drug-likeness (QED) is 0.701. The zero-order valence-corrected chi connectivity index (χ0v) is 10.7. The molecule has 0 aromatic heterocycles. The molecular formula is C14H15NO5. The van der Waals surface area contributed by atoms with E-state index in [1.54, 1.807) is 18.2 Å². The topological polar surface area (TPSA) is 95.9 Å². The number of amides is 1. The van der Waals surface area contributed by atoms with E-state index in [1.165, 1.54) is 18.2 Å². The Morgan fingerprint density at radius 3 is 2.60 bits per heavy atom. The molecule has 1 aliphatic heterocycles. The lowest BCUT2D eigenvalue weighted by Gasteiger charge is -2.14. The van der Waals surface area contributed by atoms with Gasteiger partial charge in [0.1, 0.15) is 11.7 Å². The van der Waals surface area contributed by atoms with Gasteiger partial charge in [-0.05, 0) is 23.8 Å². The molecule has 1 aromatic carbocycles. The van der Waals surface area contributed by atoms with Gasteiger partial charge in [0, 0.05) is 6.08 Å². The van der Waals surface area contributed by atoms with E-state index in [0.29, 0.717) is 0 Å². The van der Waals surface area contributed by atoms with E-state index in [2.05, 4.69) is 5.32 Å². The summed E-state index contributed by atoms with van der Waals surface area (Å²) in [7, 11) is 0. The van der Waals surface area contributed by atoms with Gasteiger partial charge in [0.05, 0.1) is 19.3 Å². The lowest BCUT2D eigenvalue weighted by molar-refractivity contribution is -0.142. The van der Waals surface area contributed by atoms with Gasteiger partial charge in [-0.2, -0.15) is 0 Å². The molecule has 1 saturated heterocycles. The van der Waals surface area contributed by atoms with Crippen molar-refractivity contribution in [2.24, 2.45) is 5.92 Å². The maximum absolute atomic E-state index is 11.7. The fourth-order valence-corrected chi connectivity index (χ4v) is 1.93. The summed E-state index contributed by atoms with van der Waals surface area (Å²) in [5, 5.41) is 20.7. The zero-order valence-electron chi connectivity index (χ0n) is 10.7. The van der Waals surface area contributed by atoms with Gasteiger partial charge in [-0.3, -0.25) is 9.59 Å². The van der Waals surface area contributed by atoms with Gasteiger partial charge in [-0.1, -0.05) is 12.1 Å². The number of hydrogen-bond donors (Lipinski definition) is 3. The average Bonchev–Trinajstić information content (AvgIpc) is 2.86. The van der Waals surface area contributed by atoms with Crippen molar-refractivity contribution in [3.63, 3.8) is 0 Å². The third kappa shape index (κ3) is 3.58. The van der Waals surface area contributed by atoms with Crippen molar-refractivity contribution >= 4 is 18.0 Å². The van der Waals surface area contributed by atoms with Crippen molar-refractivity contribution in [3.05, 3.63) is 35.9 Å². The molecule has 1 aromatic rings. The number of benzene rings is 1. The highest BCUT2D eigenvalue weighted by molar-refractivity contribution is 5.92. The van der Waals surface area contributed by atoms with Gasteiger partial charge >= 0.3 is 5.97 Å². The van der Waals surface area contributed by atoms with Crippen LogP contribution in [-0.4, -0.2) is 41.3 Å². The summed E-state index contributed by atoms with van der Waals surface area (Å²) in [6.45, 7) is 0.317. The first kappa shape index (κ1) is 14.1. The molecule has 6 nitrogen and oxygen atoms in total. The molecule has 0 bridgehead atoms. The Hall–Kier alpha value is -2.34. The van der Waals surface area contributed by atoms with Gasteiger partial charge < -0.3 is 20.3 Å². The van der Waals surface area contributed by atoms with Crippen molar-refractivity contribution in [2.75, 3.05) is 13.2 Å². The van der Waals surface area contributed by atoms with Crippen LogP contribution in [-0.2, 0) is 14.3 Å².